The van der Waals surface area contributed by atoms with Gasteiger partial charge in [0.25, 0.3) is 0 Å². The minimum Gasteiger partial charge on any atom is -0.307 e. The van der Waals surface area contributed by atoms with Crippen molar-refractivity contribution in [2.45, 2.75) is 34.6 Å². The predicted octanol–water partition coefficient (Wildman–Crippen LogP) is 3.70. The van der Waals surface area contributed by atoms with Gasteiger partial charge in [0.1, 0.15) is 5.65 Å². The van der Waals surface area contributed by atoms with E-state index >= 15 is 0 Å². The largest absolute Gasteiger partial charge is 0.307 e. The van der Waals surface area contributed by atoms with Crippen molar-refractivity contribution < 1.29 is 0 Å². The Kier molecular flexibility index (Phi) is 6.46. The van der Waals surface area contributed by atoms with Gasteiger partial charge in [0, 0.05) is 12.4 Å². The van der Waals surface area contributed by atoms with E-state index in [9.17, 15) is 0 Å². The standard InChI is InChI=1S/C8H8N2.2C2H6/c1-7-6-10-5-3-2-4-8(10)9-7;2*1-2/h2-6H,1H3;2*1-2H3. The van der Waals surface area contributed by atoms with Gasteiger partial charge < -0.3 is 4.40 Å². The molecule has 0 amide bonds. The molecule has 2 rings (SSSR count). The third kappa shape index (κ3) is 3.21. The third-order valence-electron chi connectivity index (χ3n) is 1.48. The smallest absolute Gasteiger partial charge is 0.136 e. The van der Waals surface area contributed by atoms with Gasteiger partial charge in [0.2, 0.25) is 0 Å². The van der Waals surface area contributed by atoms with Gasteiger partial charge in [0.05, 0.1) is 5.69 Å². The van der Waals surface area contributed by atoms with Gasteiger partial charge in [-0.25, -0.2) is 4.98 Å². The molecule has 0 N–H and O–H groups in total. The third-order valence-corrected chi connectivity index (χ3v) is 1.48. The molecule has 2 nitrogen and oxygen atoms in total. The first-order valence-corrected chi connectivity index (χ1v) is 5.26. The molecule has 2 aromatic heterocycles. The van der Waals surface area contributed by atoms with Gasteiger partial charge in [-0.2, -0.15) is 0 Å². The molecule has 0 unspecified atom stereocenters. The molecule has 0 saturated heterocycles. The number of hydrogen-bond donors (Lipinski definition) is 0. The fraction of sp³-hybridized carbons (Fsp3) is 0.417. The first-order valence-electron chi connectivity index (χ1n) is 5.26. The summed E-state index contributed by atoms with van der Waals surface area (Å²) < 4.78 is 2.01. The van der Waals surface area contributed by atoms with Crippen LogP contribution in [0, 0.1) is 6.92 Å². The number of nitrogens with zero attached hydrogens (tertiary/aromatic N) is 2. The highest BCUT2D eigenvalue weighted by Gasteiger charge is 1.92. The second-order valence-corrected chi connectivity index (χ2v) is 2.35. The topological polar surface area (TPSA) is 17.3 Å². The van der Waals surface area contributed by atoms with Crippen LogP contribution in [-0.2, 0) is 0 Å². The summed E-state index contributed by atoms with van der Waals surface area (Å²) in [6.45, 7) is 9.99. The van der Waals surface area contributed by atoms with E-state index in [4.69, 9.17) is 0 Å². The van der Waals surface area contributed by atoms with Crippen LogP contribution in [0.5, 0.6) is 0 Å². The summed E-state index contributed by atoms with van der Waals surface area (Å²) in [7, 11) is 0. The van der Waals surface area contributed by atoms with Crippen molar-refractivity contribution in [3.63, 3.8) is 0 Å². The second-order valence-electron chi connectivity index (χ2n) is 2.35. The number of aryl methyl sites for hydroxylation is 1. The molecule has 0 spiro atoms. The monoisotopic (exact) mass is 192 g/mol. The highest BCUT2D eigenvalue weighted by molar-refractivity contribution is 5.38. The van der Waals surface area contributed by atoms with Gasteiger partial charge in [-0.3, -0.25) is 0 Å². The lowest BCUT2D eigenvalue weighted by atomic mass is 10.5. The Morgan fingerprint density at radius 1 is 1.07 bits per heavy atom. The first kappa shape index (κ1) is 12.7. The van der Waals surface area contributed by atoms with Crippen molar-refractivity contribution in [3.8, 4) is 0 Å². The lowest BCUT2D eigenvalue weighted by Crippen LogP contribution is -1.77. The Morgan fingerprint density at radius 2 is 1.71 bits per heavy atom. The normalized spacial score (nSPS) is 8.36. The highest BCUT2D eigenvalue weighted by Crippen LogP contribution is 2.01. The summed E-state index contributed by atoms with van der Waals surface area (Å²) in [5.74, 6) is 0. The highest BCUT2D eigenvalue weighted by atomic mass is 15.0. The zero-order chi connectivity index (χ0) is 11.0. The van der Waals surface area contributed by atoms with Crippen molar-refractivity contribution in [2.24, 2.45) is 0 Å². The minimum atomic E-state index is 1.01. The summed E-state index contributed by atoms with van der Waals surface area (Å²) in [5.41, 5.74) is 2.08. The average Bonchev–Trinajstić information content (AvgIpc) is 2.64. The molecule has 0 atom stereocenters. The Morgan fingerprint density at radius 3 is 2.29 bits per heavy atom. The number of hydrogen-bond acceptors (Lipinski definition) is 1. The Balaban J connectivity index is 0.000000379. The van der Waals surface area contributed by atoms with E-state index in [1.54, 1.807) is 0 Å². The summed E-state index contributed by atoms with van der Waals surface area (Å²) >= 11 is 0. The summed E-state index contributed by atoms with van der Waals surface area (Å²) in [4.78, 5) is 4.28. The van der Waals surface area contributed by atoms with Crippen LogP contribution in [0.4, 0.5) is 0 Å². The fourth-order valence-corrected chi connectivity index (χ4v) is 1.06. The molecule has 0 saturated carbocycles. The Bertz CT molecular complexity index is 317. The average molecular weight is 192 g/mol. The van der Waals surface area contributed by atoms with Crippen molar-refractivity contribution in [3.05, 3.63) is 36.3 Å². The SMILES string of the molecule is CC.CC.Cc1cn2ccccc2n1. The molecule has 0 aliphatic rings. The zero-order valence-corrected chi connectivity index (χ0v) is 9.78. The molecular formula is C12H20N2. The maximum absolute atomic E-state index is 4.28. The number of fused-ring (bicyclic) bond motifs is 1. The predicted molar refractivity (Wildman–Crippen MR) is 62.6 cm³/mol. The van der Waals surface area contributed by atoms with Crippen molar-refractivity contribution in [2.75, 3.05) is 0 Å². The summed E-state index contributed by atoms with van der Waals surface area (Å²) in [6, 6.07) is 5.98. The van der Waals surface area contributed by atoms with Crippen molar-refractivity contribution in [1.82, 2.24) is 9.38 Å². The van der Waals surface area contributed by atoms with Crippen LogP contribution in [0.15, 0.2) is 30.6 Å². The van der Waals surface area contributed by atoms with Gasteiger partial charge in [-0.05, 0) is 19.1 Å². The summed E-state index contributed by atoms with van der Waals surface area (Å²) in [6.07, 6.45) is 4.00. The molecular weight excluding hydrogens is 172 g/mol. The Hall–Kier alpha value is -1.31. The molecule has 2 heteroatoms. The van der Waals surface area contributed by atoms with E-state index in [2.05, 4.69) is 4.98 Å². The van der Waals surface area contributed by atoms with Gasteiger partial charge in [-0.15, -0.1) is 0 Å². The van der Waals surface area contributed by atoms with Crippen LogP contribution in [0.3, 0.4) is 0 Å². The first-order chi connectivity index (χ1) is 6.86. The number of aromatic nitrogens is 2. The van der Waals surface area contributed by atoms with Gasteiger partial charge in [-0.1, -0.05) is 33.8 Å². The molecule has 78 valence electrons. The lowest BCUT2D eigenvalue weighted by Gasteiger charge is -1.86. The number of imidazole rings is 1. The van der Waals surface area contributed by atoms with E-state index in [0.717, 1.165) is 11.3 Å². The van der Waals surface area contributed by atoms with Crippen LogP contribution in [0.25, 0.3) is 5.65 Å². The van der Waals surface area contributed by atoms with Crippen LogP contribution >= 0.6 is 0 Å². The zero-order valence-electron chi connectivity index (χ0n) is 9.78. The molecule has 2 heterocycles. The van der Waals surface area contributed by atoms with Crippen LogP contribution < -0.4 is 0 Å². The van der Waals surface area contributed by atoms with E-state index < -0.39 is 0 Å². The maximum atomic E-state index is 4.28. The maximum Gasteiger partial charge on any atom is 0.136 e. The molecule has 0 aromatic carbocycles. The number of rotatable bonds is 0. The number of pyridine rings is 1. The van der Waals surface area contributed by atoms with E-state index in [1.165, 1.54) is 0 Å². The Labute approximate surface area is 86.6 Å². The van der Waals surface area contributed by atoms with Crippen molar-refractivity contribution >= 4 is 5.65 Å². The van der Waals surface area contributed by atoms with E-state index in [1.807, 2.05) is 69.6 Å². The van der Waals surface area contributed by atoms with E-state index in [0.29, 0.717) is 0 Å². The van der Waals surface area contributed by atoms with Crippen LogP contribution in [0.2, 0.25) is 0 Å². The molecule has 0 radical (unpaired) electrons. The molecule has 14 heavy (non-hydrogen) atoms. The molecule has 2 aromatic rings. The quantitative estimate of drug-likeness (QED) is 0.622. The van der Waals surface area contributed by atoms with Crippen molar-refractivity contribution in [1.29, 1.82) is 0 Å². The molecule has 0 aliphatic carbocycles. The molecule has 0 fully saturated rings. The fourth-order valence-electron chi connectivity index (χ4n) is 1.06. The second kappa shape index (κ2) is 7.13. The lowest BCUT2D eigenvalue weighted by molar-refractivity contribution is 1.18. The van der Waals surface area contributed by atoms with Gasteiger partial charge in [0.15, 0.2) is 0 Å². The van der Waals surface area contributed by atoms with E-state index in [-0.39, 0.29) is 0 Å². The summed E-state index contributed by atoms with van der Waals surface area (Å²) in [5, 5.41) is 0. The molecule has 0 bridgehead atoms. The van der Waals surface area contributed by atoms with Crippen LogP contribution in [-0.4, -0.2) is 9.38 Å². The van der Waals surface area contributed by atoms with Gasteiger partial charge >= 0.3 is 0 Å². The minimum absolute atomic E-state index is 1.01. The molecule has 0 aliphatic heterocycles. The van der Waals surface area contributed by atoms with Crippen LogP contribution in [0.1, 0.15) is 33.4 Å².